The Labute approximate surface area is 99.9 Å². The molecule has 2 rings (SSSR count). The molecule has 0 amide bonds. The maximum absolute atomic E-state index is 6.13. The van der Waals surface area contributed by atoms with Gasteiger partial charge in [0.05, 0.1) is 0 Å². The lowest BCUT2D eigenvalue weighted by molar-refractivity contribution is 0.876. The molecule has 0 spiro atoms. The minimum atomic E-state index is 0.319. The molecule has 0 N–H and O–H groups in total. The SMILES string of the molecule is [B]c1cc(C(C)C)c([B])c2c([B])cncc12. The van der Waals surface area contributed by atoms with Crippen molar-refractivity contribution in [3.8, 4) is 0 Å². The van der Waals surface area contributed by atoms with Gasteiger partial charge in [0, 0.05) is 12.4 Å². The summed E-state index contributed by atoms with van der Waals surface area (Å²) in [7, 11) is 18.0. The summed E-state index contributed by atoms with van der Waals surface area (Å²) in [4.78, 5) is 4.03. The van der Waals surface area contributed by atoms with Gasteiger partial charge in [0.1, 0.15) is 23.5 Å². The van der Waals surface area contributed by atoms with E-state index in [2.05, 4.69) is 18.8 Å². The molecule has 1 heterocycles. The second-order valence-electron chi connectivity index (χ2n) is 4.27. The molecule has 0 saturated heterocycles. The maximum Gasteiger partial charge on any atom is 0.116 e. The summed E-state index contributed by atoms with van der Waals surface area (Å²) in [6.45, 7) is 4.16. The van der Waals surface area contributed by atoms with Crippen LogP contribution in [0, 0.1) is 0 Å². The summed E-state index contributed by atoms with van der Waals surface area (Å²) in [6.07, 6.45) is 3.30. The zero-order valence-electron chi connectivity index (χ0n) is 9.49. The van der Waals surface area contributed by atoms with E-state index in [1.54, 1.807) is 12.4 Å². The highest BCUT2D eigenvalue weighted by atomic mass is 14.6. The highest BCUT2D eigenvalue weighted by Gasteiger charge is 2.10. The quantitative estimate of drug-likeness (QED) is 0.579. The number of hydrogen-bond donors (Lipinski definition) is 0. The molecule has 1 aromatic heterocycles. The van der Waals surface area contributed by atoms with Crippen LogP contribution < -0.4 is 16.4 Å². The van der Waals surface area contributed by atoms with E-state index in [9.17, 15) is 0 Å². The summed E-state index contributed by atoms with van der Waals surface area (Å²) >= 11 is 0. The number of nitrogens with zero attached hydrogens (tertiary/aromatic N) is 1. The van der Waals surface area contributed by atoms with Gasteiger partial charge in [-0.1, -0.05) is 41.9 Å². The molecule has 4 heteroatoms. The largest absolute Gasteiger partial charge is 0.265 e. The third-order valence-corrected chi connectivity index (χ3v) is 2.80. The van der Waals surface area contributed by atoms with Gasteiger partial charge in [0.2, 0.25) is 0 Å². The minimum absolute atomic E-state index is 0.319. The second kappa shape index (κ2) is 4.01. The average Bonchev–Trinajstić information content (AvgIpc) is 2.22. The lowest BCUT2D eigenvalue weighted by atomic mass is 9.73. The van der Waals surface area contributed by atoms with Gasteiger partial charge in [-0.15, -0.1) is 0 Å². The molecule has 72 valence electrons. The van der Waals surface area contributed by atoms with E-state index in [0.717, 1.165) is 16.3 Å². The molecule has 2 aromatic rings. The maximum atomic E-state index is 6.13. The molecular weight excluding hydrogens is 191 g/mol. The standard InChI is InChI=1S/C12H10B3N/c1-6(2)7-3-9(13)8-4-16-5-10(14)11(8)12(7)15/h3-6H,1-2H3. The van der Waals surface area contributed by atoms with Crippen molar-refractivity contribution in [2.24, 2.45) is 0 Å². The van der Waals surface area contributed by atoms with Crippen LogP contribution in [0.3, 0.4) is 0 Å². The van der Waals surface area contributed by atoms with Gasteiger partial charge < -0.3 is 0 Å². The first kappa shape index (κ1) is 11.3. The Morgan fingerprint density at radius 2 is 1.75 bits per heavy atom. The Hall–Kier alpha value is -1.18. The summed E-state index contributed by atoms with van der Waals surface area (Å²) in [5, 5.41) is 1.64. The van der Waals surface area contributed by atoms with E-state index >= 15 is 0 Å². The van der Waals surface area contributed by atoms with Crippen molar-refractivity contribution in [3.05, 3.63) is 24.0 Å². The van der Waals surface area contributed by atoms with Crippen LogP contribution in [0.1, 0.15) is 25.3 Å². The molecule has 6 radical (unpaired) electrons. The summed E-state index contributed by atoms with van der Waals surface area (Å²) in [5.74, 6) is 0.319. The molecule has 0 unspecified atom stereocenters. The van der Waals surface area contributed by atoms with Crippen LogP contribution in [0.15, 0.2) is 18.5 Å². The molecule has 0 atom stereocenters. The molecule has 1 nitrogen and oxygen atoms in total. The van der Waals surface area contributed by atoms with Crippen LogP contribution >= 0.6 is 0 Å². The second-order valence-corrected chi connectivity index (χ2v) is 4.27. The smallest absolute Gasteiger partial charge is 0.116 e. The van der Waals surface area contributed by atoms with Crippen molar-refractivity contribution in [2.45, 2.75) is 19.8 Å². The topological polar surface area (TPSA) is 12.9 Å². The van der Waals surface area contributed by atoms with Gasteiger partial charge in [-0.25, -0.2) is 0 Å². The molecule has 16 heavy (non-hydrogen) atoms. The molecule has 0 aliphatic rings. The third kappa shape index (κ3) is 1.66. The predicted octanol–water partition coefficient (Wildman–Crippen LogP) is -0.260. The first-order valence-corrected chi connectivity index (χ1v) is 5.23. The zero-order valence-corrected chi connectivity index (χ0v) is 9.49. The van der Waals surface area contributed by atoms with Gasteiger partial charge in [0.25, 0.3) is 0 Å². The highest BCUT2D eigenvalue weighted by molar-refractivity contribution is 6.51. The molecule has 1 aromatic carbocycles. The van der Waals surface area contributed by atoms with Gasteiger partial charge in [0.15, 0.2) is 0 Å². The summed E-state index contributed by atoms with van der Waals surface area (Å²) in [5.41, 5.74) is 2.99. The molecule has 0 saturated carbocycles. The lowest BCUT2D eigenvalue weighted by Crippen LogP contribution is -2.25. The Morgan fingerprint density at radius 1 is 1.06 bits per heavy atom. The van der Waals surface area contributed by atoms with Gasteiger partial charge in [-0.2, -0.15) is 0 Å². The van der Waals surface area contributed by atoms with E-state index < -0.39 is 0 Å². The Morgan fingerprint density at radius 3 is 2.38 bits per heavy atom. The van der Waals surface area contributed by atoms with E-state index in [1.807, 2.05) is 6.07 Å². The number of benzene rings is 1. The van der Waals surface area contributed by atoms with Crippen molar-refractivity contribution >= 4 is 50.7 Å². The lowest BCUT2D eigenvalue weighted by Gasteiger charge is -2.17. The van der Waals surface area contributed by atoms with Crippen molar-refractivity contribution in [1.82, 2.24) is 4.98 Å². The fourth-order valence-electron chi connectivity index (χ4n) is 1.94. The van der Waals surface area contributed by atoms with Crippen LogP contribution in [0.4, 0.5) is 0 Å². The first-order valence-electron chi connectivity index (χ1n) is 5.23. The molecule has 0 fully saturated rings. The van der Waals surface area contributed by atoms with Crippen LogP contribution in [-0.4, -0.2) is 28.5 Å². The summed E-state index contributed by atoms with van der Waals surface area (Å²) < 4.78 is 0. The predicted molar refractivity (Wildman–Crippen MR) is 72.0 cm³/mol. The monoisotopic (exact) mass is 201 g/mol. The number of rotatable bonds is 1. The minimum Gasteiger partial charge on any atom is -0.265 e. The fourth-order valence-corrected chi connectivity index (χ4v) is 1.94. The van der Waals surface area contributed by atoms with Crippen LogP contribution in [0.5, 0.6) is 0 Å². The van der Waals surface area contributed by atoms with Crippen LogP contribution in [-0.2, 0) is 0 Å². The average molecular weight is 201 g/mol. The Balaban J connectivity index is 2.92. The number of aromatic nitrogens is 1. The number of hydrogen-bond acceptors (Lipinski definition) is 1. The number of fused-ring (bicyclic) bond motifs is 1. The normalized spacial score (nSPS) is 11.2. The van der Waals surface area contributed by atoms with E-state index in [1.165, 1.54) is 0 Å². The third-order valence-electron chi connectivity index (χ3n) is 2.80. The van der Waals surface area contributed by atoms with Gasteiger partial charge in [-0.3, -0.25) is 4.98 Å². The zero-order chi connectivity index (χ0) is 11.9. The van der Waals surface area contributed by atoms with Gasteiger partial charge >= 0.3 is 0 Å². The number of pyridine rings is 1. The molecular formula is C12H10B3N. The van der Waals surface area contributed by atoms with Gasteiger partial charge in [-0.05, 0) is 16.7 Å². The van der Waals surface area contributed by atoms with Crippen LogP contribution in [0.2, 0.25) is 0 Å². The molecule has 0 aliphatic carbocycles. The molecule has 0 bridgehead atoms. The molecule has 0 aliphatic heterocycles. The van der Waals surface area contributed by atoms with Crippen molar-refractivity contribution in [3.63, 3.8) is 0 Å². The van der Waals surface area contributed by atoms with E-state index in [-0.39, 0.29) is 0 Å². The Kier molecular flexibility index (Phi) is 2.83. The van der Waals surface area contributed by atoms with E-state index in [4.69, 9.17) is 23.5 Å². The van der Waals surface area contributed by atoms with Crippen molar-refractivity contribution in [1.29, 1.82) is 0 Å². The Bertz CT molecular complexity index is 549. The van der Waals surface area contributed by atoms with Crippen molar-refractivity contribution < 1.29 is 0 Å². The van der Waals surface area contributed by atoms with E-state index in [0.29, 0.717) is 22.3 Å². The highest BCUT2D eigenvalue weighted by Crippen LogP contribution is 2.14. The summed E-state index contributed by atoms with van der Waals surface area (Å²) in [6, 6.07) is 1.91. The fraction of sp³-hybridized carbons (Fsp3) is 0.250. The first-order chi connectivity index (χ1) is 7.52. The van der Waals surface area contributed by atoms with Crippen LogP contribution in [0.25, 0.3) is 10.8 Å². The van der Waals surface area contributed by atoms with Crippen molar-refractivity contribution in [2.75, 3.05) is 0 Å².